The van der Waals surface area contributed by atoms with E-state index < -0.39 is 10.0 Å². The van der Waals surface area contributed by atoms with Crippen LogP contribution in [-0.2, 0) is 16.6 Å². The second-order valence-electron chi connectivity index (χ2n) is 6.61. The van der Waals surface area contributed by atoms with Crippen molar-refractivity contribution in [2.75, 3.05) is 11.8 Å². The van der Waals surface area contributed by atoms with Crippen LogP contribution in [0.4, 0.5) is 5.69 Å². The Bertz CT molecular complexity index is 1010. The Labute approximate surface area is 159 Å². The molecular formula is C20H23N3O3S. The number of rotatable bonds is 7. The zero-order chi connectivity index (χ0) is 19.4. The van der Waals surface area contributed by atoms with Crippen LogP contribution in [0.25, 0.3) is 0 Å². The molecule has 0 saturated heterocycles. The molecule has 3 rings (SSSR count). The number of sulfonamides is 1. The molecule has 1 N–H and O–H groups in total. The molecule has 0 aliphatic carbocycles. The van der Waals surface area contributed by atoms with Crippen LogP contribution < -0.4 is 9.46 Å². The molecule has 142 valence electrons. The van der Waals surface area contributed by atoms with Gasteiger partial charge in [-0.2, -0.15) is 5.10 Å². The third kappa shape index (κ3) is 4.68. The maximum atomic E-state index is 12.6. The minimum Gasteiger partial charge on any atom is -0.497 e. The lowest BCUT2D eigenvalue weighted by molar-refractivity contribution is 0.414. The van der Waals surface area contributed by atoms with E-state index in [1.54, 1.807) is 30.1 Å². The average Bonchev–Trinajstić information content (AvgIpc) is 3.08. The van der Waals surface area contributed by atoms with Gasteiger partial charge >= 0.3 is 0 Å². The average molecular weight is 385 g/mol. The second kappa shape index (κ2) is 7.84. The van der Waals surface area contributed by atoms with Gasteiger partial charge in [-0.05, 0) is 41.3 Å². The molecule has 0 fully saturated rings. The van der Waals surface area contributed by atoms with Crippen LogP contribution >= 0.6 is 0 Å². The van der Waals surface area contributed by atoms with Crippen molar-refractivity contribution in [2.24, 2.45) is 0 Å². The van der Waals surface area contributed by atoms with E-state index in [1.807, 2.05) is 36.4 Å². The summed E-state index contributed by atoms with van der Waals surface area (Å²) in [6, 6.07) is 14.6. The van der Waals surface area contributed by atoms with Gasteiger partial charge in [0.2, 0.25) is 0 Å². The van der Waals surface area contributed by atoms with Crippen molar-refractivity contribution in [3.63, 3.8) is 0 Å². The van der Waals surface area contributed by atoms with E-state index in [9.17, 15) is 8.42 Å². The Hall–Kier alpha value is -2.80. The lowest BCUT2D eigenvalue weighted by Gasteiger charge is -2.09. The van der Waals surface area contributed by atoms with E-state index in [-0.39, 0.29) is 4.90 Å². The maximum Gasteiger partial charge on any atom is 0.261 e. The summed E-state index contributed by atoms with van der Waals surface area (Å²) in [6.07, 6.45) is 3.17. The molecule has 0 amide bonds. The molecule has 1 aromatic heterocycles. The Morgan fingerprint density at radius 2 is 1.89 bits per heavy atom. The molecule has 3 aromatic rings. The molecule has 2 aromatic carbocycles. The summed E-state index contributed by atoms with van der Waals surface area (Å²) in [5, 5.41) is 4.23. The van der Waals surface area contributed by atoms with Crippen molar-refractivity contribution in [3.8, 4) is 5.75 Å². The number of ether oxygens (including phenoxy) is 1. The van der Waals surface area contributed by atoms with E-state index in [1.165, 1.54) is 6.20 Å². The molecule has 0 saturated carbocycles. The van der Waals surface area contributed by atoms with Crippen LogP contribution in [0.5, 0.6) is 5.75 Å². The van der Waals surface area contributed by atoms with Crippen LogP contribution in [0, 0.1) is 0 Å². The fourth-order valence-corrected chi connectivity index (χ4v) is 3.73. The molecule has 0 spiro atoms. The summed E-state index contributed by atoms with van der Waals surface area (Å²) in [7, 11) is -2.03. The van der Waals surface area contributed by atoms with Crippen molar-refractivity contribution in [1.82, 2.24) is 9.78 Å². The summed E-state index contributed by atoms with van der Waals surface area (Å²) >= 11 is 0. The van der Waals surface area contributed by atoms with Crippen molar-refractivity contribution in [2.45, 2.75) is 31.2 Å². The number of methoxy groups -OCH3 is 1. The zero-order valence-corrected chi connectivity index (χ0v) is 16.4. The SMILES string of the molecule is COc1cccc(Cn2cc(NS(=O)(=O)c3ccc(C(C)C)cc3)cn2)c1. The van der Waals surface area contributed by atoms with Crippen LogP contribution in [0.1, 0.15) is 30.9 Å². The molecule has 6 nitrogen and oxygen atoms in total. The van der Waals surface area contributed by atoms with Gasteiger partial charge in [0.15, 0.2) is 0 Å². The van der Waals surface area contributed by atoms with E-state index in [0.717, 1.165) is 16.9 Å². The van der Waals surface area contributed by atoms with Crippen molar-refractivity contribution < 1.29 is 13.2 Å². The highest BCUT2D eigenvalue weighted by atomic mass is 32.2. The fraction of sp³-hybridized carbons (Fsp3) is 0.250. The zero-order valence-electron chi connectivity index (χ0n) is 15.6. The van der Waals surface area contributed by atoms with Gasteiger partial charge in [0, 0.05) is 6.20 Å². The highest BCUT2D eigenvalue weighted by molar-refractivity contribution is 7.92. The summed E-state index contributed by atoms with van der Waals surface area (Å²) < 4.78 is 34.6. The van der Waals surface area contributed by atoms with Crippen molar-refractivity contribution >= 4 is 15.7 Å². The number of hydrogen-bond donors (Lipinski definition) is 1. The van der Waals surface area contributed by atoms with Gasteiger partial charge in [-0.1, -0.05) is 38.1 Å². The monoisotopic (exact) mass is 385 g/mol. The molecule has 1 heterocycles. The highest BCUT2D eigenvalue weighted by Crippen LogP contribution is 2.20. The number of anilines is 1. The Kier molecular flexibility index (Phi) is 5.51. The predicted octanol–water partition coefficient (Wildman–Crippen LogP) is 3.86. The third-order valence-electron chi connectivity index (χ3n) is 4.22. The maximum absolute atomic E-state index is 12.6. The Balaban J connectivity index is 1.72. The van der Waals surface area contributed by atoms with Crippen LogP contribution in [0.15, 0.2) is 65.8 Å². The molecule has 27 heavy (non-hydrogen) atoms. The van der Waals surface area contributed by atoms with Gasteiger partial charge in [0.1, 0.15) is 5.75 Å². The summed E-state index contributed by atoms with van der Waals surface area (Å²) in [4.78, 5) is 0.229. The third-order valence-corrected chi connectivity index (χ3v) is 5.62. The molecular weight excluding hydrogens is 362 g/mol. The van der Waals surface area contributed by atoms with Gasteiger partial charge in [-0.15, -0.1) is 0 Å². The van der Waals surface area contributed by atoms with E-state index >= 15 is 0 Å². The summed E-state index contributed by atoms with van der Waals surface area (Å²) in [5.41, 5.74) is 2.53. The van der Waals surface area contributed by atoms with Gasteiger partial charge < -0.3 is 4.74 Å². The molecule has 0 atom stereocenters. The van der Waals surface area contributed by atoms with Crippen LogP contribution in [-0.4, -0.2) is 25.3 Å². The first-order valence-electron chi connectivity index (χ1n) is 8.65. The van der Waals surface area contributed by atoms with Crippen molar-refractivity contribution in [1.29, 1.82) is 0 Å². The van der Waals surface area contributed by atoms with E-state index in [0.29, 0.717) is 18.2 Å². The molecule has 0 bridgehead atoms. The van der Waals surface area contributed by atoms with E-state index in [4.69, 9.17) is 4.74 Å². The van der Waals surface area contributed by atoms with Crippen LogP contribution in [0.3, 0.4) is 0 Å². The summed E-state index contributed by atoms with van der Waals surface area (Å²) in [6.45, 7) is 4.65. The molecule has 7 heteroatoms. The number of benzene rings is 2. The smallest absolute Gasteiger partial charge is 0.261 e. The lowest BCUT2D eigenvalue weighted by atomic mass is 10.0. The molecule has 0 radical (unpaired) electrons. The molecule has 0 aliphatic rings. The Morgan fingerprint density at radius 3 is 2.56 bits per heavy atom. The Morgan fingerprint density at radius 1 is 1.15 bits per heavy atom. The van der Waals surface area contributed by atoms with E-state index in [2.05, 4.69) is 23.7 Å². The first-order chi connectivity index (χ1) is 12.9. The largest absolute Gasteiger partial charge is 0.497 e. The quantitative estimate of drug-likeness (QED) is 0.670. The number of aromatic nitrogens is 2. The van der Waals surface area contributed by atoms with Gasteiger partial charge in [0.25, 0.3) is 10.0 Å². The number of nitrogens with zero attached hydrogens (tertiary/aromatic N) is 2. The predicted molar refractivity (Wildman–Crippen MR) is 106 cm³/mol. The lowest BCUT2D eigenvalue weighted by Crippen LogP contribution is -2.12. The second-order valence-corrected chi connectivity index (χ2v) is 8.29. The van der Waals surface area contributed by atoms with Gasteiger partial charge in [0.05, 0.1) is 30.4 Å². The molecule has 0 aliphatic heterocycles. The van der Waals surface area contributed by atoms with Crippen molar-refractivity contribution in [3.05, 3.63) is 72.1 Å². The minimum absolute atomic E-state index is 0.229. The van der Waals surface area contributed by atoms with Gasteiger partial charge in [-0.25, -0.2) is 8.42 Å². The first kappa shape index (κ1) is 19.0. The van der Waals surface area contributed by atoms with Crippen LogP contribution in [0.2, 0.25) is 0 Å². The highest BCUT2D eigenvalue weighted by Gasteiger charge is 2.15. The fourth-order valence-electron chi connectivity index (χ4n) is 2.71. The number of nitrogens with one attached hydrogen (secondary N) is 1. The topological polar surface area (TPSA) is 73.2 Å². The molecule has 0 unspecified atom stereocenters. The number of hydrogen-bond acceptors (Lipinski definition) is 4. The standard InChI is InChI=1S/C20H23N3O3S/c1-15(2)17-7-9-20(10-8-17)27(24,25)22-18-12-21-23(14-18)13-16-5-4-6-19(11-16)26-3/h4-12,14-15,22H,13H2,1-3H3. The minimum atomic E-state index is -3.65. The first-order valence-corrected chi connectivity index (χ1v) is 10.1. The normalized spacial score (nSPS) is 11.6. The summed E-state index contributed by atoms with van der Waals surface area (Å²) in [5.74, 6) is 1.12. The van der Waals surface area contributed by atoms with Gasteiger partial charge in [-0.3, -0.25) is 9.40 Å².